The van der Waals surface area contributed by atoms with Gasteiger partial charge < -0.3 is 5.32 Å². The van der Waals surface area contributed by atoms with E-state index >= 15 is 0 Å². The van der Waals surface area contributed by atoms with Crippen LogP contribution in [0.4, 0.5) is 0 Å². The van der Waals surface area contributed by atoms with E-state index in [-0.39, 0.29) is 30.6 Å². The van der Waals surface area contributed by atoms with Crippen molar-refractivity contribution in [1.29, 1.82) is 0 Å². The van der Waals surface area contributed by atoms with E-state index in [1.165, 1.54) is 0 Å². The highest BCUT2D eigenvalue weighted by Crippen LogP contribution is 2.18. The molecular weight excluding hydrogens is 322 g/mol. The third-order valence-corrected chi connectivity index (χ3v) is 4.11. The van der Waals surface area contributed by atoms with E-state index < -0.39 is 0 Å². The van der Waals surface area contributed by atoms with Gasteiger partial charge in [-0.3, -0.25) is 9.59 Å². The van der Waals surface area contributed by atoms with Gasteiger partial charge in [-0.15, -0.1) is 0 Å². The lowest BCUT2D eigenvalue weighted by Gasteiger charge is -2.18. The maximum absolute atomic E-state index is 12.2. The Labute approximate surface area is 148 Å². The first kappa shape index (κ1) is 18.2. The van der Waals surface area contributed by atoms with Gasteiger partial charge in [-0.1, -0.05) is 55.3 Å². The van der Waals surface area contributed by atoms with Crippen molar-refractivity contribution < 1.29 is 9.59 Å². The Bertz CT molecular complexity index is 668. The number of halogens is 1. The van der Waals surface area contributed by atoms with E-state index in [2.05, 4.69) is 12.2 Å². The zero-order valence-corrected chi connectivity index (χ0v) is 14.6. The average Bonchev–Trinajstić information content (AvgIpc) is 2.60. The lowest BCUT2D eigenvalue weighted by molar-refractivity contribution is -0.121. The molecule has 3 nitrogen and oxygen atoms in total. The van der Waals surface area contributed by atoms with Gasteiger partial charge in [-0.2, -0.15) is 0 Å². The van der Waals surface area contributed by atoms with E-state index in [0.717, 1.165) is 18.4 Å². The first-order chi connectivity index (χ1) is 11.6. The average molecular weight is 344 g/mol. The number of carbonyl (C=O) groups excluding carboxylic acids is 2. The summed E-state index contributed by atoms with van der Waals surface area (Å²) in [5, 5.41) is 3.63. The van der Waals surface area contributed by atoms with E-state index in [4.69, 9.17) is 11.6 Å². The fourth-order valence-electron chi connectivity index (χ4n) is 2.57. The summed E-state index contributed by atoms with van der Waals surface area (Å²) in [6.45, 7) is 2.09. The molecule has 2 aromatic carbocycles. The van der Waals surface area contributed by atoms with Crippen molar-refractivity contribution in [2.75, 3.05) is 0 Å². The number of hydrogen-bond acceptors (Lipinski definition) is 2. The second-order valence-corrected chi connectivity index (χ2v) is 6.19. The van der Waals surface area contributed by atoms with Crippen molar-refractivity contribution in [1.82, 2.24) is 5.32 Å². The molecule has 0 saturated carbocycles. The molecule has 24 heavy (non-hydrogen) atoms. The predicted octanol–water partition coefficient (Wildman–Crippen LogP) is 4.96. The Morgan fingerprint density at radius 3 is 2.29 bits per heavy atom. The van der Waals surface area contributed by atoms with Crippen molar-refractivity contribution in [3.05, 3.63) is 70.7 Å². The van der Waals surface area contributed by atoms with Crippen LogP contribution in [0.15, 0.2) is 54.6 Å². The Morgan fingerprint density at radius 2 is 1.67 bits per heavy atom. The molecule has 1 atom stereocenters. The molecule has 2 aromatic rings. The van der Waals surface area contributed by atoms with Crippen LogP contribution in [0.25, 0.3) is 0 Å². The molecule has 0 saturated heterocycles. The van der Waals surface area contributed by atoms with Crippen LogP contribution in [-0.4, -0.2) is 11.7 Å². The smallest absolute Gasteiger partial charge is 0.220 e. The zero-order valence-electron chi connectivity index (χ0n) is 13.8. The van der Waals surface area contributed by atoms with Crippen LogP contribution >= 0.6 is 11.6 Å². The molecule has 1 amide bonds. The van der Waals surface area contributed by atoms with E-state index in [0.29, 0.717) is 10.6 Å². The first-order valence-electron chi connectivity index (χ1n) is 8.23. The predicted molar refractivity (Wildman–Crippen MR) is 97.3 cm³/mol. The molecule has 0 aliphatic rings. The highest BCUT2D eigenvalue weighted by atomic mass is 35.5. The minimum Gasteiger partial charge on any atom is -0.349 e. The number of carbonyl (C=O) groups is 2. The fourth-order valence-corrected chi connectivity index (χ4v) is 2.70. The monoisotopic (exact) mass is 343 g/mol. The molecule has 0 heterocycles. The van der Waals surface area contributed by atoms with Gasteiger partial charge in [0.15, 0.2) is 5.78 Å². The number of rotatable bonds is 8. The zero-order chi connectivity index (χ0) is 17.4. The molecule has 0 aliphatic heterocycles. The number of hydrogen-bond donors (Lipinski definition) is 1. The molecule has 0 radical (unpaired) electrons. The quantitative estimate of drug-likeness (QED) is 0.688. The largest absolute Gasteiger partial charge is 0.349 e. The molecule has 0 spiro atoms. The van der Waals surface area contributed by atoms with Gasteiger partial charge in [0.1, 0.15) is 0 Å². The first-order valence-corrected chi connectivity index (χ1v) is 8.61. The Morgan fingerprint density at radius 1 is 1.00 bits per heavy atom. The summed E-state index contributed by atoms with van der Waals surface area (Å²) in [7, 11) is 0. The van der Waals surface area contributed by atoms with Crippen molar-refractivity contribution >= 4 is 23.3 Å². The lowest BCUT2D eigenvalue weighted by Crippen LogP contribution is -2.28. The fraction of sp³-hybridized carbons (Fsp3) is 0.300. The van der Waals surface area contributed by atoms with Crippen LogP contribution in [0.1, 0.15) is 54.6 Å². The summed E-state index contributed by atoms with van der Waals surface area (Å²) >= 11 is 5.81. The topological polar surface area (TPSA) is 46.2 Å². The highest BCUT2D eigenvalue weighted by molar-refractivity contribution is 6.30. The Hall–Kier alpha value is -2.13. The second kappa shape index (κ2) is 9.24. The Balaban J connectivity index is 1.89. The van der Waals surface area contributed by atoms with E-state index in [1.807, 2.05) is 30.3 Å². The minimum atomic E-state index is -0.0976. The third-order valence-electron chi connectivity index (χ3n) is 3.86. The van der Waals surface area contributed by atoms with Gasteiger partial charge >= 0.3 is 0 Å². The van der Waals surface area contributed by atoms with Crippen LogP contribution in [0.5, 0.6) is 0 Å². The molecule has 1 unspecified atom stereocenters. The molecule has 126 valence electrons. The summed E-state index contributed by atoms with van der Waals surface area (Å²) in [4.78, 5) is 24.3. The normalized spacial score (nSPS) is 11.8. The van der Waals surface area contributed by atoms with Crippen LogP contribution in [0.2, 0.25) is 5.02 Å². The molecule has 0 aromatic heterocycles. The molecule has 0 aliphatic carbocycles. The summed E-state index contributed by atoms with van der Waals surface area (Å²) in [5.41, 5.74) is 1.68. The van der Waals surface area contributed by atoms with Gasteiger partial charge in [0.05, 0.1) is 6.04 Å². The number of nitrogens with one attached hydrogen (secondary N) is 1. The molecule has 0 fully saturated rings. The van der Waals surface area contributed by atoms with Gasteiger partial charge in [0.25, 0.3) is 0 Å². The lowest BCUT2D eigenvalue weighted by atomic mass is 10.0. The standard InChI is InChI=1S/C20H22ClNO2/c1-2-6-18(15-7-4-3-5-8-15)22-20(24)14-13-19(23)16-9-11-17(21)12-10-16/h3-5,7-12,18H,2,6,13-14H2,1H3,(H,22,24). The van der Waals surface area contributed by atoms with Gasteiger partial charge in [0.2, 0.25) is 5.91 Å². The molecule has 4 heteroatoms. The van der Waals surface area contributed by atoms with Crippen molar-refractivity contribution in [2.45, 2.75) is 38.6 Å². The van der Waals surface area contributed by atoms with E-state index in [9.17, 15) is 9.59 Å². The van der Waals surface area contributed by atoms with Gasteiger partial charge in [-0.25, -0.2) is 0 Å². The summed E-state index contributed by atoms with van der Waals surface area (Å²) in [5.74, 6) is -0.145. The van der Waals surface area contributed by atoms with Gasteiger partial charge in [-0.05, 0) is 36.2 Å². The minimum absolute atomic E-state index is 0.00525. The van der Waals surface area contributed by atoms with Crippen LogP contribution in [0.3, 0.4) is 0 Å². The second-order valence-electron chi connectivity index (χ2n) is 5.75. The maximum atomic E-state index is 12.2. The summed E-state index contributed by atoms with van der Waals surface area (Å²) in [6, 6.07) is 16.6. The molecule has 2 rings (SSSR count). The van der Waals surface area contributed by atoms with Crippen LogP contribution in [-0.2, 0) is 4.79 Å². The van der Waals surface area contributed by atoms with Crippen LogP contribution in [0, 0.1) is 0 Å². The molecule has 1 N–H and O–H groups in total. The number of benzene rings is 2. The Kier molecular flexibility index (Phi) is 7.01. The number of ketones is 1. The SMILES string of the molecule is CCCC(NC(=O)CCC(=O)c1ccc(Cl)cc1)c1ccccc1. The number of amides is 1. The maximum Gasteiger partial charge on any atom is 0.220 e. The summed E-state index contributed by atoms with van der Waals surface area (Å²) < 4.78 is 0. The van der Waals surface area contributed by atoms with Crippen LogP contribution < -0.4 is 5.32 Å². The van der Waals surface area contributed by atoms with Crippen molar-refractivity contribution in [2.24, 2.45) is 0 Å². The van der Waals surface area contributed by atoms with Crippen molar-refractivity contribution in [3.8, 4) is 0 Å². The highest BCUT2D eigenvalue weighted by Gasteiger charge is 2.15. The molecular formula is C20H22ClNO2. The number of Topliss-reactive ketones (excluding diaryl/α,β-unsaturated/α-hetero) is 1. The van der Waals surface area contributed by atoms with Crippen molar-refractivity contribution in [3.63, 3.8) is 0 Å². The third kappa shape index (κ3) is 5.50. The summed E-state index contributed by atoms with van der Waals surface area (Å²) in [6.07, 6.45) is 2.24. The van der Waals surface area contributed by atoms with Gasteiger partial charge in [0, 0.05) is 23.4 Å². The van der Waals surface area contributed by atoms with E-state index in [1.54, 1.807) is 24.3 Å². The molecule has 0 bridgehead atoms.